The minimum atomic E-state index is -3.29. The highest BCUT2D eigenvalue weighted by atomic mass is 32.2. The van der Waals surface area contributed by atoms with Crippen LogP contribution in [0.4, 0.5) is 0 Å². The molecule has 1 fully saturated rings. The summed E-state index contributed by atoms with van der Waals surface area (Å²) in [5, 5.41) is 3.00. The van der Waals surface area contributed by atoms with Crippen LogP contribution in [0.25, 0.3) is 0 Å². The number of hydrogen-bond acceptors (Lipinski definition) is 5. The fourth-order valence-electron chi connectivity index (χ4n) is 3.88. The largest absolute Gasteiger partial charge is 0.349 e. The number of benzene rings is 1. The van der Waals surface area contributed by atoms with Crippen LogP contribution in [0.3, 0.4) is 0 Å². The van der Waals surface area contributed by atoms with E-state index in [2.05, 4.69) is 5.32 Å². The Labute approximate surface area is 167 Å². The van der Waals surface area contributed by atoms with Gasteiger partial charge in [0.2, 0.25) is 15.9 Å². The van der Waals surface area contributed by atoms with E-state index < -0.39 is 19.9 Å². The molecule has 0 saturated carbocycles. The molecule has 7 nitrogen and oxygen atoms in total. The predicted octanol–water partition coefficient (Wildman–Crippen LogP) is 1.86. The number of sulfonamides is 1. The molecule has 1 aromatic rings. The van der Waals surface area contributed by atoms with Crippen LogP contribution in [0, 0.1) is 5.92 Å². The minimum Gasteiger partial charge on any atom is -0.349 e. The quantitative estimate of drug-likeness (QED) is 0.745. The van der Waals surface area contributed by atoms with E-state index in [1.807, 2.05) is 6.92 Å². The van der Waals surface area contributed by atoms with Gasteiger partial charge in [-0.25, -0.2) is 21.1 Å². The Morgan fingerprint density at radius 3 is 2.54 bits per heavy atom. The number of carbonyl (C=O) groups is 1. The lowest BCUT2D eigenvalue weighted by molar-refractivity contribution is -0.127. The number of nitrogens with zero attached hydrogens (tertiary/aromatic N) is 1. The second-order valence-corrected chi connectivity index (χ2v) is 11.7. The third-order valence-corrected chi connectivity index (χ3v) is 9.37. The lowest BCUT2D eigenvalue weighted by Crippen LogP contribution is -2.45. The zero-order valence-corrected chi connectivity index (χ0v) is 17.8. The van der Waals surface area contributed by atoms with Crippen LogP contribution in [0.15, 0.2) is 29.2 Å². The number of fused-ring (bicyclic) bond motifs is 1. The summed E-state index contributed by atoms with van der Waals surface area (Å²) in [6.07, 6.45) is 2.81. The monoisotopic (exact) mass is 428 g/mol. The zero-order chi connectivity index (χ0) is 20.4. The van der Waals surface area contributed by atoms with Crippen molar-refractivity contribution in [1.82, 2.24) is 9.62 Å². The zero-order valence-electron chi connectivity index (χ0n) is 16.1. The van der Waals surface area contributed by atoms with Crippen molar-refractivity contribution in [1.29, 1.82) is 0 Å². The Balaban J connectivity index is 1.61. The van der Waals surface area contributed by atoms with Crippen LogP contribution in [-0.2, 0) is 24.7 Å². The van der Waals surface area contributed by atoms with Crippen molar-refractivity contribution in [3.63, 3.8) is 0 Å². The molecule has 0 aromatic heterocycles. The van der Waals surface area contributed by atoms with Crippen molar-refractivity contribution in [3.8, 4) is 0 Å². The lowest BCUT2D eigenvalue weighted by Gasteiger charge is -2.32. The number of piperidine rings is 1. The first kappa shape index (κ1) is 21.3. The van der Waals surface area contributed by atoms with Gasteiger partial charge in [-0.3, -0.25) is 4.79 Å². The van der Waals surface area contributed by atoms with Crippen LogP contribution in [-0.4, -0.2) is 51.6 Å². The summed E-state index contributed by atoms with van der Waals surface area (Å²) < 4.78 is 50.6. The molecule has 1 saturated heterocycles. The second-order valence-electron chi connectivity index (χ2n) is 7.55. The molecule has 156 valence electrons. The maximum Gasteiger partial charge on any atom is 0.223 e. The van der Waals surface area contributed by atoms with Gasteiger partial charge >= 0.3 is 0 Å². The molecule has 2 heterocycles. The van der Waals surface area contributed by atoms with E-state index in [1.54, 1.807) is 24.3 Å². The molecular formula is C19H28N2O5S2. The van der Waals surface area contributed by atoms with Gasteiger partial charge in [-0.15, -0.1) is 0 Å². The Kier molecular flexibility index (Phi) is 6.46. The summed E-state index contributed by atoms with van der Waals surface area (Å²) in [7, 11) is -6.53. The Morgan fingerprint density at radius 1 is 1.18 bits per heavy atom. The van der Waals surface area contributed by atoms with Gasteiger partial charge in [-0.2, -0.15) is 0 Å². The molecule has 0 bridgehead atoms. The van der Waals surface area contributed by atoms with Gasteiger partial charge in [0, 0.05) is 19.0 Å². The maximum atomic E-state index is 12.7. The number of carbonyl (C=O) groups excluding carboxylic acids is 1. The van der Waals surface area contributed by atoms with Crippen LogP contribution in [0.5, 0.6) is 0 Å². The molecule has 0 spiro atoms. The molecule has 0 aliphatic carbocycles. The Morgan fingerprint density at radius 2 is 1.86 bits per heavy atom. The number of unbranched alkanes of at least 4 members (excludes halogenated alkanes) is 1. The maximum absolute atomic E-state index is 12.7. The highest BCUT2D eigenvalue weighted by Gasteiger charge is 2.34. The molecule has 2 aliphatic rings. The van der Waals surface area contributed by atoms with Crippen molar-refractivity contribution in [2.75, 3.05) is 24.6 Å². The van der Waals surface area contributed by atoms with Crippen molar-refractivity contribution in [3.05, 3.63) is 29.8 Å². The average Bonchev–Trinajstić information content (AvgIpc) is 2.69. The molecule has 1 unspecified atom stereocenters. The van der Waals surface area contributed by atoms with Crippen LogP contribution in [0.1, 0.15) is 50.6 Å². The summed E-state index contributed by atoms with van der Waals surface area (Å²) in [5.41, 5.74) is 0.640. The first-order chi connectivity index (χ1) is 13.2. The molecule has 1 N–H and O–H groups in total. The molecule has 3 rings (SSSR count). The lowest BCUT2D eigenvalue weighted by atomic mass is 9.95. The van der Waals surface area contributed by atoms with Crippen molar-refractivity contribution in [2.24, 2.45) is 5.92 Å². The number of amides is 1. The fourth-order valence-corrected chi connectivity index (χ4v) is 7.18. The molecule has 2 aliphatic heterocycles. The number of rotatable bonds is 6. The van der Waals surface area contributed by atoms with Gasteiger partial charge in [0.25, 0.3) is 0 Å². The van der Waals surface area contributed by atoms with E-state index in [9.17, 15) is 21.6 Å². The third kappa shape index (κ3) is 4.58. The summed E-state index contributed by atoms with van der Waals surface area (Å²) in [6, 6.07) is 6.48. The molecule has 1 amide bonds. The average molecular weight is 429 g/mol. The van der Waals surface area contributed by atoms with Gasteiger partial charge in [0.1, 0.15) is 0 Å². The third-order valence-electron chi connectivity index (χ3n) is 5.60. The van der Waals surface area contributed by atoms with Crippen LogP contribution < -0.4 is 5.32 Å². The standard InChI is InChI=1S/C19H28N2O5S2/c1-2-3-13-28(25,26)21-11-8-15(9-12-21)19(22)20-17-10-14-27(23,24)18-7-5-4-6-16(17)18/h4-7,15,17H,2-3,8-14H2,1H3,(H,20,22). The number of hydrogen-bond donors (Lipinski definition) is 1. The Bertz CT molecular complexity index is 919. The summed E-state index contributed by atoms with van der Waals surface area (Å²) in [5.74, 6) is -0.190. The van der Waals surface area contributed by atoms with E-state index in [0.29, 0.717) is 49.2 Å². The van der Waals surface area contributed by atoms with E-state index >= 15 is 0 Å². The van der Waals surface area contributed by atoms with Gasteiger partial charge in [0.05, 0.1) is 22.4 Å². The molecular weight excluding hydrogens is 400 g/mol. The molecule has 28 heavy (non-hydrogen) atoms. The first-order valence-corrected chi connectivity index (χ1v) is 13.1. The van der Waals surface area contributed by atoms with E-state index in [-0.39, 0.29) is 29.4 Å². The smallest absolute Gasteiger partial charge is 0.223 e. The molecule has 9 heteroatoms. The summed E-state index contributed by atoms with van der Waals surface area (Å²) in [4.78, 5) is 13.0. The van der Waals surface area contributed by atoms with Gasteiger partial charge in [0.15, 0.2) is 9.84 Å². The van der Waals surface area contributed by atoms with Gasteiger partial charge < -0.3 is 5.32 Å². The summed E-state index contributed by atoms with van der Waals surface area (Å²) in [6.45, 7) is 2.68. The molecule has 1 aromatic carbocycles. The SMILES string of the molecule is CCCCS(=O)(=O)N1CCC(C(=O)NC2CCS(=O)(=O)c3ccccc32)CC1. The van der Waals surface area contributed by atoms with Gasteiger partial charge in [-0.05, 0) is 37.3 Å². The minimum absolute atomic E-state index is 0.0169. The van der Waals surface area contributed by atoms with E-state index in [1.165, 1.54) is 4.31 Å². The van der Waals surface area contributed by atoms with Gasteiger partial charge in [-0.1, -0.05) is 31.5 Å². The second kappa shape index (κ2) is 8.51. The number of nitrogens with one attached hydrogen (secondary N) is 1. The predicted molar refractivity (Wildman–Crippen MR) is 107 cm³/mol. The highest BCUT2D eigenvalue weighted by molar-refractivity contribution is 7.91. The number of sulfone groups is 1. The Hall–Kier alpha value is -1.45. The highest BCUT2D eigenvalue weighted by Crippen LogP contribution is 2.32. The van der Waals surface area contributed by atoms with Crippen molar-refractivity contribution < 1.29 is 21.6 Å². The first-order valence-electron chi connectivity index (χ1n) is 9.84. The summed E-state index contributed by atoms with van der Waals surface area (Å²) >= 11 is 0. The van der Waals surface area contributed by atoms with Crippen molar-refractivity contribution >= 4 is 25.8 Å². The van der Waals surface area contributed by atoms with E-state index in [4.69, 9.17) is 0 Å². The van der Waals surface area contributed by atoms with E-state index in [0.717, 1.165) is 6.42 Å². The fraction of sp³-hybridized carbons (Fsp3) is 0.632. The van der Waals surface area contributed by atoms with Crippen molar-refractivity contribution in [2.45, 2.75) is 50.0 Å². The topological polar surface area (TPSA) is 101 Å². The van der Waals surface area contributed by atoms with Crippen LogP contribution in [0.2, 0.25) is 0 Å². The molecule has 1 atom stereocenters. The molecule has 0 radical (unpaired) electrons. The van der Waals surface area contributed by atoms with Crippen LogP contribution >= 0.6 is 0 Å². The normalized spacial score (nSPS) is 23.1.